The summed E-state index contributed by atoms with van der Waals surface area (Å²) in [6, 6.07) is 1.25. The van der Waals surface area contributed by atoms with Gasteiger partial charge in [-0.2, -0.15) is 0 Å². The standard InChI is InChI=1S/C12H12F3N3/c1-7(12-16-2-3-17-12)18-6-8-4-10(14)11(15)5-9(8)13/h2-5,7,18H,6H2,1H3,(H,16,17). The van der Waals surface area contributed by atoms with Gasteiger partial charge in [0.2, 0.25) is 0 Å². The maximum absolute atomic E-state index is 13.4. The Kier molecular flexibility index (Phi) is 3.66. The highest BCUT2D eigenvalue weighted by atomic mass is 19.2. The summed E-state index contributed by atoms with van der Waals surface area (Å²) in [4.78, 5) is 6.94. The van der Waals surface area contributed by atoms with Crippen molar-refractivity contribution in [3.8, 4) is 0 Å². The van der Waals surface area contributed by atoms with Gasteiger partial charge in [-0.3, -0.25) is 0 Å². The van der Waals surface area contributed by atoms with Crippen molar-refractivity contribution < 1.29 is 13.2 Å². The molecule has 2 aromatic rings. The number of aromatic amines is 1. The molecule has 0 aliphatic carbocycles. The van der Waals surface area contributed by atoms with Crippen LogP contribution < -0.4 is 5.32 Å². The van der Waals surface area contributed by atoms with Gasteiger partial charge in [0.15, 0.2) is 11.6 Å². The Balaban J connectivity index is 2.04. The van der Waals surface area contributed by atoms with Crippen LogP contribution in [0.15, 0.2) is 24.5 Å². The van der Waals surface area contributed by atoms with Crippen molar-refractivity contribution in [2.45, 2.75) is 19.5 Å². The zero-order valence-corrected chi connectivity index (χ0v) is 9.67. The van der Waals surface area contributed by atoms with Crippen LogP contribution in [0, 0.1) is 17.5 Å². The maximum Gasteiger partial charge on any atom is 0.161 e. The average molecular weight is 255 g/mol. The van der Waals surface area contributed by atoms with Gasteiger partial charge >= 0.3 is 0 Å². The third-order valence-electron chi connectivity index (χ3n) is 2.62. The van der Waals surface area contributed by atoms with Crippen molar-refractivity contribution >= 4 is 0 Å². The van der Waals surface area contributed by atoms with Gasteiger partial charge in [-0.05, 0) is 13.0 Å². The van der Waals surface area contributed by atoms with Gasteiger partial charge in [-0.25, -0.2) is 18.2 Å². The highest BCUT2D eigenvalue weighted by molar-refractivity contribution is 5.20. The van der Waals surface area contributed by atoms with Gasteiger partial charge in [-0.1, -0.05) is 0 Å². The van der Waals surface area contributed by atoms with E-state index < -0.39 is 17.5 Å². The SMILES string of the molecule is CC(NCc1cc(F)c(F)cc1F)c1ncc[nH]1. The number of halogens is 3. The third-order valence-corrected chi connectivity index (χ3v) is 2.62. The summed E-state index contributed by atoms with van der Waals surface area (Å²) in [7, 11) is 0. The molecule has 2 rings (SSSR count). The topological polar surface area (TPSA) is 40.7 Å². The van der Waals surface area contributed by atoms with E-state index in [-0.39, 0.29) is 18.2 Å². The number of imidazole rings is 1. The quantitative estimate of drug-likeness (QED) is 0.825. The molecular formula is C12H12F3N3. The number of rotatable bonds is 4. The molecule has 0 saturated carbocycles. The second kappa shape index (κ2) is 5.22. The largest absolute Gasteiger partial charge is 0.347 e. The Bertz CT molecular complexity index is 526. The van der Waals surface area contributed by atoms with Crippen molar-refractivity contribution in [3.63, 3.8) is 0 Å². The fourth-order valence-electron chi connectivity index (χ4n) is 1.57. The molecule has 0 bridgehead atoms. The third kappa shape index (κ3) is 2.70. The fraction of sp³-hybridized carbons (Fsp3) is 0.250. The number of hydrogen-bond donors (Lipinski definition) is 2. The maximum atomic E-state index is 13.4. The second-order valence-corrected chi connectivity index (χ2v) is 3.93. The summed E-state index contributed by atoms with van der Waals surface area (Å²) in [6.45, 7) is 1.92. The Morgan fingerprint density at radius 2 is 1.94 bits per heavy atom. The number of nitrogens with zero attached hydrogens (tertiary/aromatic N) is 1. The zero-order chi connectivity index (χ0) is 13.1. The Hall–Kier alpha value is -1.82. The molecular weight excluding hydrogens is 243 g/mol. The van der Waals surface area contributed by atoms with Crippen LogP contribution >= 0.6 is 0 Å². The molecule has 0 fully saturated rings. The number of nitrogens with one attached hydrogen (secondary N) is 2. The lowest BCUT2D eigenvalue weighted by Gasteiger charge is -2.12. The molecule has 0 amide bonds. The van der Waals surface area contributed by atoms with Gasteiger partial charge < -0.3 is 10.3 Å². The van der Waals surface area contributed by atoms with Gasteiger partial charge in [0.25, 0.3) is 0 Å². The van der Waals surface area contributed by atoms with Crippen molar-refractivity contribution in [1.82, 2.24) is 15.3 Å². The Morgan fingerprint density at radius 3 is 2.61 bits per heavy atom. The summed E-state index contributed by atoms with van der Waals surface area (Å²) in [5.74, 6) is -2.32. The van der Waals surface area contributed by atoms with E-state index in [4.69, 9.17) is 0 Å². The number of aromatic nitrogens is 2. The molecule has 96 valence electrons. The van der Waals surface area contributed by atoms with Gasteiger partial charge in [0.1, 0.15) is 11.6 Å². The minimum Gasteiger partial charge on any atom is -0.347 e. The first kappa shape index (κ1) is 12.6. The molecule has 0 saturated heterocycles. The Labute approximate surface area is 102 Å². The van der Waals surface area contributed by atoms with E-state index >= 15 is 0 Å². The lowest BCUT2D eigenvalue weighted by Crippen LogP contribution is -2.20. The van der Waals surface area contributed by atoms with Crippen molar-refractivity contribution in [3.05, 3.63) is 53.4 Å². The first-order valence-electron chi connectivity index (χ1n) is 5.44. The summed E-state index contributed by atoms with van der Waals surface area (Å²) >= 11 is 0. The zero-order valence-electron chi connectivity index (χ0n) is 9.67. The van der Waals surface area contributed by atoms with E-state index in [0.717, 1.165) is 6.07 Å². The molecule has 3 nitrogen and oxygen atoms in total. The average Bonchev–Trinajstić information content (AvgIpc) is 2.85. The van der Waals surface area contributed by atoms with Gasteiger partial charge in [-0.15, -0.1) is 0 Å². The number of H-pyrrole nitrogens is 1. The Morgan fingerprint density at radius 1 is 1.22 bits per heavy atom. The van der Waals surface area contributed by atoms with Crippen LogP contribution in [0.2, 0.25) is 0 Å². The molecule has 0 aliphatic rings. The summed E-state index contributed by atoms with van der Waals surface area (Å²) in [5, 5.41) is 2.97. The normalized spacial score (nSPS) is 12.7. The van der Waals surface area contributed by atoms with E-state index in [2.05, 4.69) is 15.3 Å². The van der Waals surface area contributed by atoms with Gasteiger partial charge in [0, 0.05) is 30.6 Å². The van der Waals surface area contributed by atoms with E-state index in [1.807, 2.05) is 6.92 Å². The molecule has 1 atom stereocenters. The van der Waals surface area contributed by atoms with Crippen LogP contribution in [-0.4, -0.2) is 9.97 Å². The molecule has 1 aromatic carbocycles. The van der Waals surface area contributed by atoms with E-state index in [1.165, 1.54) is 0 Å². The van der Waals surface area contributed by atoms with Crippen LogP contribution in [0.3, 0.4) is 0 Å². The lowest BCUT2D eigenvalue weighted by atomic mass is 10.2. The van der Waals surface area contributed by atoms with Crippen LogP contribution in [0.4, 0.5) is 13.2 Å². The molecule has 1 unspecified atom stereocenters. The van der Waals surface area contributed by atoms with Crippen molar-refractivity contribution in [1.29, 1.82) is 0 Å². The van der Waals surface area contributed by atoms with E-state index in [0.29, 0.717) is 11.9 Å². The molecule has 1 aromatic heterocycles. The number of benzene rings is 1. The van der Waals surface area contributed by atoms with E-state index in [1.54, 1.807) is 12.4 Å². The second-order valence-electron chi connectivity index (χ2n) is 3.93. The molecule has 6 heteroatoms. The van der Waals surface area contributed by atoms with Crippen LogP contribution in [-0.2, 0) is 6.54 Å². The summed E-state index contributed by atoms with van der Waals surface area (Å²) < 4.78 is 39.1. The monoisotopic (exact) mass is 255 g/mol. The first-order valence-corrected chi connectivity index (χ1v) is 5.44. The minimum atomic E-state index is -1.18. The highest BCUT2D eigenvalue weighted by Gasteiger charge is 2.12. The fourth-order valence-corrected chi connectivity index (χ4v) is 1.57. The predicted octanol–water partition coefficient (Wildman–Crippen LogP) is 2.68. The molecule has 0 radical (unpaired) electrons. The first-order chi connectivity index (χ1) is 8.58. The molecule has 0 spiro atoms. The lowest BCUT2D eigenvalue weighted by molar-refractivity contribution is 0.480. The predicted molar refractivity (Wildman–Crippen MR) is 60.2 cm³/mol. The molecule has 18 heavy (non-hydrogen) atoms. The van der Waals surface area contributed by atoms with Crippen LogP contribution in [0.1, 0.15) is 24.4 Å². The summed E-state index contributed by atoms with van der Waals surface area (Å²) in [6.07, 6.45) is 3.28. The smallest absolute Gasteiger partial charge is 0.161 e. The van der Waals surface area contributed by atoms with Crippen molar-refractivity contribution in [2.75, 3.05) is 0 Å². The van der Waals surface area contributed by atoms with Crippen molar-refractivity contribution in [2.24, 2.45) is 0 Å². The molecule has 0 aliphatic heterocycles. The minimum absolute atomic E-state index is 0.0762. The van der Waals surface area contributed by atoms with Gasteiger partial charge in [0.05, 0.1) is 6.04 Å². The van der Waals surface area contributed by atoms with E-state index in [9.17, 15) is 13.2 Å². The molecule has 1 heterocycles. The highest BCUT2D eigenvalue weighted by Crippen LogP contribution is 2.15. The molecule has 2 N–H and O–H groups in total. The van der Waals surface area contributed by atoms with Crippen LogP contribution in [0.25, 0.3) is 0 Å². The number of hydrogen-bond acceptors (Lipinski definition) is 2. The van der Waals surface area contributed by atoms with Crippen LogP contribution in [0.5, 0.6) is 0 Å². The summed E-state index contributed by atoms with van der Waals surface area (Å²) in [5.41, 5.74) is 0.0762.